The average Bonchev–Trinajstić information content (AvgIpc) is 2.96. The Kier molecular flexibility index (Phi) is 4.75. The molecule has 0 spiro atoms. The quantitative estimate of drug-likeness (QED) is 0.770. The van der Waals surface area contributed by atoms with E-state index in [9.17, 15) is 14.4 Å². The Hall–Kier alpha value is -2.95. The van der Waals surface area contributed by atoms with Gasteiger partial charge in [0.15, 0.2) is 0 Å². The Morgan fingerprint density at radius 1 is 0.929 bits per heavy atom. The highest BCUT2D eigenvalue weighted by atomic mass is 16.2. The van der Waals surface area contributed by atoms with Crippen molar-refractivity contribution in [3.63, 3.8) is 0 Å². The van der Waals surface area contributed by atoms with Gasteiger partial charge in [-0.05, 0) is 42.0 Å². The van der Waals surface area contributed by atoms with Gasteiger partial charge in [0.2, 0.25) is 5.91 Å². The van der Waals surface area contributed by atoms with Gasteiger partial charge in [0, 0.05) is 13.1 Å². The number of fused-ring (bicyclic) bond motifs is 2. The third-order valence-corrected chi connectivity index (χ3v) is 5.56. The second-order valence-electron chi connectivity index (χ2n) is 7.95. The van der Waals surface area contributed by atoms with E-state index in [1.807, 2.05) is 32.0 Å². The number of carbonyl (C=O) groups is 3. The van der Waals surface area contributed by atoms with Crippen molar-refractivity contribution in [2.24, 2.45) is 5.92 Å². The molecule has 2 aromatic carbocycles. The van der Waals surface area contributed by atoms with E-state index in [0.29, 0.717) is 30.6 Å². The number of amides is 3. The summed E-state index contributed by atoms with van der Waals surface area (Å²) in [5.74, 6) is -0.693. The maximum Gasteiger partial charge on any atom is 0.262 e. The summed E-state index contributed by atoms with van der Waals surface area (Å²) in [6, 6.07) is 14.1. The first-order chi connectivity index (χ1) is 13.5. The fraction of sp³-hybridized carbons (Fsp3) is 0.348. The standard InChI is InChI=1S/C23H24N2O3/c1-15(2)13-20(25-21(26)18-9-5-6-10-19(18)22(25)27)23(28)24-12-11-16-7-3-4-8-17(16)14-24/h3-10,15,20H,11-14H2,1-2H3/t20-/m0/s1. The Bertz CT molecular complexity index is 915. The van der Waals surface area contributed by atoms with Crippen LogP contribution in [0.25, 0.3) is 0 Å². The summed E-state index contributed by atoms with van der Waals surface area (Å²) in [5.41, 5.74) is 3.16. The largest absolute Gasteiger partial charge is 0.336 e. The second kappa shape index (κ2) is 7.23. The highest BCUT2D eigenvalue weighted by Crippen LogP contribution is 2.29. The van der Waals surface area contributed by atoms with Crippen molar-refractivity contribution in [2.75, 3.05) is 6.54 Å². The zero-order valence-electron chi connectivity index (χ0n) is 16.2. The van der Waals surface area contributed by atoms with Crippen LogP contribution in [0.1, 0.15) is 52.1 Å². The molecule has 144 valence electrons. The van der Waals surface area contributed by atoms with Gasteiger partial charge in [-0.15, -0.1) is 0 Å². The molecule has 0 N–H and O–H groups in total. The predicted octanol–water partition coefficient (Wildman–Crippen LogP) is 3.28. The first-order valence-corrected chi connectivity index (χ1v) is 9.80. The fourth-order valence-corrected chi connectivity index (χ4v) is 4.15. The molecular weight excluding hydrogens is 352 g/mol. The summed E-state index contributed by atoms with van der Waals surface area (Å²) in [5, 5.41) is 0. The Morgan fingerprint density at radius 3 is 2.11 bits per heavy atom. The average molecular weight is 376 g/mol. The molecule has 0 saturated heterocycles. The molecular formula is C23H24N2O3. The van der Waals surface area contributed by atoms with Gasteiger partial charge < -0.3 is 4.90 Å². The van der Waals surface area contributed by atoms with E-state index in [1.54, 1.807) is 29.2 Å². The van der Waals surface area contributed by atoms with Crippen molar-refractivity contribution in [3.8, 4) is 0 Å². The molecule has 4 rings (SSSR count). The molecule has 2 aliphatic heterocycles. The summed E-state index contributed by atoms with van der Waals surface area (Å²) >= 11 is 0. The van der Waals surface area contributed by atoms with Crippen LogP contribution in [0.4, 0.5) is 0 Å². The van der Waals surface area contributed by atoms with E-state index in [4.69, 9.17) is 0 Å². The fourth-order valence-electron chi connectivity index (χ4n) is 4.15. The van der Waals surface area contributed by atoms with Crippen LogP contribution in [0, 0.1) is 5.92 Å². The highest BCUT2D eigenvalue weighted by Gasteiger charge is 2.44. The molecule has 3 amide bonds. The van der Waals surface area contributed by atoms with E-state index < -0.39 is 6.04 Å². The molecule has 5 nitrogen and oxygen atoms in total. The molecule has 0 aliphatic carbocycles. The lowest BCUT2D eigenvalue weighted by molar-refractivity contribution is -0.137. The highest BCUT2D eigenvalue weighted by molar-refractivity contribution is 6.22. The molecule has 1 atom stereocenters. The minimum absolute atomic E-state index is 0.141. The summed E-state index contributed by atoms with van der Waals surface area (Å²) in [4.78, 5) is 42.3. The van der Waals surface area contributed by atoms with Gasteiger partial charge in [0.25, 0.3) is 11.8 Å². The monoisotopic (exact) mass is 376 g/mol. The number of rotatable bonds is 4. The molecule has 28 heavy (non-hydrogen) atoms. The maximum atomic E-state index is 13.5. The smallest absolute Gasteiger partial charge is 0.262 e. The molecule has 5 heteroatoms. The van der Waals surface area contributed by atoms with Gasteiger partial charge in [0.1, 0.15) is 6.04 Å². The minimum Gasteiger partial charge on any atom is -0.336 e. The maximum absolute atomic E-state index is 13.5. The molecule has 2 aliphatic rings. The van der Waals surface area contributed by atoms with E-state index in [-0.39, 0.29) is 23.6 Å². The molecule has 0 radical (unpaired) electrons. The zero-order chi connectivity index (χ0) is 19.8. The van der Waals surface area contributed by atoms with Crippen LogP contribution in [0.2, 0.25) is 0 Å². The number of hydrogen-bond acceptors (Lipinski definition) is 3. The Morgan fingerprint density at radius 2 is 1.50 bits per heavy atom. The van der Waals surface area contributed by atoms with Crippen molar-refractivity contribution in [2.45, 2.75) is 39.3 Å². The summed E-state index contributed by atoms with van der Waals surface area (Å²) in [7, 11) is 0. The van der Waals surface area contributed by atoms with Gasteiger partial charge in [-0.3, -0.25) is 19.3 Å². The van der Waals surface area contributed by atoms with Crippen LogP contribution in [-0.2, 0) is 17.8 Å². The van der Waals surface area contributed by atoms with Crippen LogP contribution >= 0.6 is 0 Å². The van der Waals surface area contributed by atoms with Gasteiger partial charge in [-0.1, -0.05) is 50.2 Å². The van der Waals surface area contributed by atoms with E-state index in [2.05, 4.69) is 6.07 Å². The number of carbonyl (C=O) groups excluding carboxylic acids is 3. The minimum atomic E-state index is -0.766. The molecule has 0 saturated carbocycles. The summed E-state index contributed by atoms with van der Waals surface area (Å²) in [6.45, 7) is 5.13. The van der Waals surface area contributed by atoms with Gasteiger partial charge in [-0.25, -0.2) is 0 Å². The van der Waals surface area contributed by atoms with Crippen molar-refractivity contribution >= 4 is 17.7 Å². The van der Waals surface area contributed by atoms with Crippen LogP contribution in [0.5, 0.6) is 0 Å². The number of hydrogen-bond donors (Lipinski definition) is 0. The third-order valence-electron chi connectivity index (χ3n) is 5.56. The van der Waals surface area contributed by atoms with E-state index in [0.717, 1.165) is 12.0 Å². The molecule has 2 heterocycles. The second-order valence-corrected chi connectivity index (χ2v) is 7.95. The van der Waals surface area contributed by atoms with E-state index >= 15 is 0 Å². The van der Waals surface area contributed by atoms with Crippen molar-refractivity contribution in [3.05, 3.63) is 70.8 Å². The van der Waals surface area contributed by atoms with Crippen molar-refractivity contribution < 1.29 is 14.4 Å². The van der Waals surface area contributed by atoms with Gasteiger partial charge >= 0.3 is 0 Å². The first kappa shape index (κ1) is 18.4. The van der Waals surface area contributed by atoms with E-state index in [1.165, 1.54) is 10.5 Å². The lowest BCUT2D eigenvalue weighted by atomic mass is 9.97. The van der Waals surface area contributed by atoms with Crippen LogP contribution in [-0.4, -0.2) is 40.1 Å². The SMILES string of the molecule is CC(C)C[C@@H](C(=O)N1CCc2ccccc2C1)N1C(=O)c2ccccc2C1=O. The van der Waals surface area contributed by atoms with Crippen LogP contribution < -0.4 is 0 Å². The van der Waals surface area contributed by atoms with Gasteiger partial charge in [0.05, 0.1) is 11.1 Å². The topological polar surface area (TPSA) is 57.7 Å². The molecule has 0 bridgehead atoms. The lowest BCUT2D eigenvalue weighted by Crippen LogP contribution is -2.52. The zero-order valence-corrected chi connectivity index (χ0v) is 16.2. The molecule has 0 unspecified atom stereocenters. The van der Waals surface area contributed by atoms with Gasteiger partial charge in [-0.2, -0.15) is 0 Å². The number of imide groups is 1. The molecule has 0 aromatic heterocycles. The number of benzene rings is 2. The number of nitrogens with zero attached hydrogens (tertiary/aromatic N) is 2. The first-order valence-electron chi connectivity index (χ1n) is 9.80. The third kappa shape index (κ3) is 3.11. The Labute approximate surface area is 164 Å². The summed E-state index contributed by atoms with van der Waals surface area (Å²) < 4.78 is 0. The Balaban J connectivity index is 1.63. The molecule has 2 aromatic rings. The van der Waals surface area contributed by atoms with Crippen LogP contribution in [0.3, 0.4) is 0 Å². The van der Waals surface area contributed by atoms with Crippen LogP contribution in [0.15, 0.2) is 48.5 Å². The van der Waals surface area contributed by atoms with Crippen molar-refractivity contribution in [1.29, 1.82) is 0 Å². The predicted molar refractivity (Wildman–Crippen MR) is 106 cm³/mol. The summed E-state index contributed by atoms with van der Waals surface area (Å²) in [6.07, 6.45) is 1.25. The van der Waals surface area contributed by atoms with Crippen molar-refractivity contribution in [1.82, 2.24) is 9.80 Å². The normalized spacial score (nSPS) is 17.0. The molecule has 0 fully saturated rings. The lowest BCUT2D eigenvalue weighted by Gasteiger charge is -2.35.